The summed E-state index contributed by atoms with van der Waals surface area (Å²) in [6.45, 7) is 3.18. The van der Waals surface area contributed by atoms with Gasteiger partial charge < -0.3 is 15.1 Å². The molecule has 1 N–H and O–H groups in total. The number of likely N-dealkylation sites (tertiary alicyclic amines) is 2. The second-order valence-electron chi connectivity index (χ2n) is 10.9. The van der Waals surface area contributed by atoms with Gasteiger partial charge in [-0.3, -0.25) is 14.4 Å². The first-order valence-corrected chi connectivity index (χ1v) is 12.4. The van der Waals surface area contributed by atoms with Crippen molar-refractivity contribution >= 4 is 17.7 Å². The molecule has 4 bridgehead atoms. The van der Waals surface area contributed by atoms with Gasteiger partial charge in [0.25, 0.3) is 0 Å². The lowest BCUT2D eigenvalue weighted by atomic mass is 9.49. The van der Waals surface area contributed by atoms with Crippen LogP contribution in [0.15, 0.2) is 0 Å². The summed E-state index contributed by atoms with van der Waals surface area (Å²) in [5, 5.41) is 3.02. The highest BCUT2D eigenvalue weighted by Crippen LogP contribution is 2.60. The van der Waals surface area contributed by atoms with Crippen LogP contribution in [0.2, 0.25) is 0 Å². The van der Waals surface area contributed by atoms with E-state index in [1.165, 1.54) is 25.7 Å². The van der Waals surface area contributed by atoms with Crippen molar-refractivity contribution in [1.29, 1.82) is 0 Å². The summed E-state index contributed by atoms with van der Waals surface area (Å²) in [7, 11) is 0. The first kappa shape index (κ1) is 20.3. The van der Waals surface area contributed by atoms with Crippen LogP contribution in [0, 0.1) is 29.1 Å². The predicted molar refractivity (Wildman–Crippen MR) is 113 cm³/mol. The normalized spacial score (nSPS) is 36.1. The Morgan fingerprint density at radius 3 is 1.90 bits per heavy atom. The number of nitrogens with one attached hydrogen (secondary N) is 1. The number of rotatable bonds is 4. The molecule has 0 spiro atoms. The quantitative estimate of drug-likeness (QED) is 0.767. The SMILES string of the molecule is O=C(CNC(=O)C12CC3CC(CC(C3)C1)C2)N1CCC(C(=O)N2CCCCC2)CC1. The molecule has 6 rings (SSSR count). The largest absolute Gasteiger partial charge is 0.347 e. The topological polar surface area (TPSA) is 69.7 Å². The summed E-state index contributed by atoms with van der Waals surface area (Å²) in [4.78, 5) is 42.4. The van der Waals surface area contributed by atoms with Crippen LogP contribution in [0.5, 0.6) is 0 Å². The molecule has 0 aromatic rings. The molecule has 2 saturated heterocycles. The maximum atomic E-state index is 13.1. The third-order valence-electron chi connectivity index (χ3n) is 8.78. The minimum atomic E-state index is -0.192. The fourth-order valence-electron chi connectivity index (χ4n) is 7.59. The fourth-order valence-corrected chi connectivity index (χ4v) is 7.59. The zero-order valence-corrected chi connectivity index (χ0v) is 18.2. The molecule has 0 unspecified atom stereocenters. The smallest absolute Gasteiger partial charge is 0.241 e. The Labute approximate surface area is 180 Å². The summed E-state index contributed by atoms with van der Waals surface area (Å²) in [5.41, 5.74) is -0.192. The van der Waals surface area contributed by atoms with Gasteiger partial charge in [-0.1, -0.05) is 0 Å². The van der Waals surface area contributed by atoms with Crippen molar-refractivity contribution in [1.82, 2.24) is 15.1 Å². The molecular weight excluding hydrogens is 378 g/mol. The molecule has 4 saturated carbocycles. The Morgan fingerprint density at radius 2 is 1.33 bits per heavy atom. The Balaban J connectivity index is 1.08. The van der Waals surface area contributed by atoms with Gasteiger partial charge in [-0.25, -0.2) is 0 Å². The van der Waals surface area contributed by atoms with Crippen LogP contribution in [0.1, 0.15) is 70.6 Å². The van der Waals surface area contributed by atoms with Crippen LogP contribution in [0.25, 0.3) is 0 Å². The van der Waals surface area contributed by atoms with E-state index in [2.05, 4.69) is 5.32 Å². The molecule has 166 valence electrons. The first-order chi connectivity index (χ1) is 14.5. The third-order valence-corrected chi connectivity index (χ3v) is 8.78. The highest BCUT2D eigenvalue weighted by molar-refractivity contribution is 5.88. The van der Waals surface area contributed by atoms with Crippen molar-refractivity contribution in [2.45, 2.75) is 70.6 Å². The van der Waals surface area contributed by atoms with Gasteiger partial charge >= 0.3 is 0 Å². The second-order valence-corrected chi connectivity index (χ2v) is 10.9. The summed E-state index contributed by atoms with van der Waals surface area (Å²) in [6.07, 6.45) is 12.0. The molecular formula is C24H37N3O3. The van der Waals surface area contributed by atoms with Crippen molar-refractivity contribution in [3.63, 3.8) is 0 Å². The van der Waals surface area contributed by atoms with Crippen LogP contribution in [0.3, 0.4) is 0 Å². The Kier molecular flexibility index (Phi) is 5.53. The van der Waals surface area contributed by atoms with Gasteiger partial charge in [0.1, 0.15) is 0 Å². The molecule has 6 aliphatic rings. The van der Waals surface area contributed by atoms with Crippen molar-refractivity contribution in [2.24, 2.45) is 29.1 Å². The molecule has 2 aliphatic heterocycles. The van der Waals surface area contributed by atoms with Gasteiger partial charge in [-0.05, 0) is 88.4 Å². The monoisotopic (exact) mass is 415 g/mol. The standard InChI is InChI=1S/C24H37N3O3/c28-21(26-8-4-20(5-9-26)22(29)27-6-2-1-3-7-27)16-25-23(30)24-13-17-10-18(14-24)12-19(11-17)15-24/h17-20H,1-16H2,(H,25,30). The molecule has 6 fully saturated rings. The third kappa shape index (κ3) is 3.87. The van der Waals surface area contributed by atoms with Gasteiger partial charge in [0, 0.05) is 37.5 Å². The number of amides is 3. The fraction of sp³-hybridized carbons (Fsp3) is 0.875. The van der Waals surface area contributed by atoms with Crippen molar-refractivity contribution in [3.8, 4) is 0 Å². The van der Waals surface area contributed by atoms with Gasteiger partial charge in [-0.2, -0.15) is 0 Å². The molecule has 0 aromatic heterocycles. The zero-order chi connectivity index (χ0) is 20.7. The molecule has 6 heteroatoms. The maximum absolute atomic E-state index is 13.1. The molecule has 0 aromatic carbocycles. The highest BCUT2D eigenvalue weighted by Gasteiger charge is 2.54. The van der Waals surface area contributed by atoms with E-state index in [9.17, 15) is 14.4 Å². The van der Waals surface area contributed by atoms with E-state index in [0.29, 0.717) is 13.1 Å². The molecule has 2 heterocycles. The van der Waals surface area contributed by atoms with Crippen molar-refractivity contribution < 1.29 is 14.4 Å². The van der Waals surface area contributed by atoms with Crippen LogP contribution >= 0.6 is 0 Å². The highest BCUT2D eigenvalue weighted by atomic mass is 16.2. The van der Waals surface area contributed by atoms with E-state index in [1.54, 1.807) is 0 Å². The lowest BCUT2D eigenvalue weighted by molar-refractivity contribution is -0.148. The number of nitrogens with zero attached hydrogens (tertiary/aromatic N) is 2. The number of hydrogen-bond acceptors (Lipinski definition) is 3. The van der Waals surface area contributed by atoms with Gasteiger partial charge in [-0.15, -0.1) is 0 Å². The van der Waals surface area contributed by atoms with E-state index in [-0.39, 0.29) is 35.6 Å². The first-order valence-electron chi connectivity index (χ1n) is 12.4. The summed E-state index contributed by atoms with van der Waals surface area (Å²) < 4.78 is 0. The molecule has 4 aliphatic carbocycles. The Hall–Kier alpha value is -1.59. The lowest BCUT2D eigenvalue weighted by Gasteiger charge is -2.55. The van der Waals surface area contributed by atoms with Crippen molar-refractivity contribution in [2.75, 3.05) is 32.7 Å². The van der Waals surface area contributed by atoms with Gasteiger partial charge in [0.2, 0.25) is 17.7 Å². The van der Waals surface area contributed by atoms with Crippen molar-refractivity contribution in [3.05, 3.63) is 0 Å². The molecule has 0 radical (unpaired) electrons. The van der Waals surface area contributed by atoms with Crippen LogP contribution in [0.4, 0.5) is 0 Å². The molecule has 30 heavy (non-hydrogen) atoms. The summed E-state index contributed by atoms with van der Waals surface area (Å²) >= 11 is 0. The van der Waals surface area contributed by atoms with E-state index < -0.39 is 0 Å². The predicted octanol–water partition coefficient (Wildman–Crippen LogP) is 2.57. The number of hydrogen-bond donors (Lipinski definition) is 1. The lowest BCUT2D eigenvalue weighted by Crippen LogP contribution is -2.55. The second kappa shape index (κ2) is 8.16. The number of carbonyl (C=O) groups is 3. The Bertz CT molecular complexity index is 657. The number of piperidine rings is 2. The average molecular weight is 416 g/mol. The summed E-state index contributed by atoms with van der Waals surface area (Å²) in [6, 6.07) is 0. The minimum Gasteiger partial charge on any atom is -0.347 e. The average Bonchev–Trinajstić information content (AvgIpc) is 2.76. The minimum absolute atomic E-state index is 0.0111. The van der Waals surface area contributed by atoms with E-state index in [4.69, 9.17) is 0 Å². The number of carbonyl (C=O) groups excluding carboxylic acids is 3. The maximum Gasteiger partial charge on any atom is 0.241 e. The van der Waals surface area contributed by atoms with E-state index >= 15 is 0 Å². The van der Waals surface area contributed by atoms with Gasteiger partial charge in [0.05, 0.1) is 6.54 Å². The van der Waals surface area contributed by atoms with Gasteiger partial charge in [0.15, 0.2) is 0 Å². The summed E-state index contributed by atoms with van der Waals surface area (Å²) in [5.74, 6) is 2.69. The van der Waals surface area contributed by atoms with Crippen LogP contribution in [-0.2, 0) is 14.4 Å². The van der Waals surface area contributed by atoms with E-state index in [0.717, 1.165) is 75.8 Å². The molecule has 0 atom stereocenters. The molecule has 3 amide bonds. The van der Waals surface area contributed by atoms with Crippen LogP contribution < -0.4 is 5.32 Å². The Morgan fingerprint density at radius 1 is 0.767 bits per heavy atom. The molecule has 6 nitrogen and oxygen atoms in total. The van der Waals surface area contributed by atoms with E-state index in [1.807, 2.05) is 9.80 Å². The zero-order valence-electron chi connectivity index (χ0n) is 18.2. The van der Waals surface area contributed by atoms with Crippen LogP contribution in [-0.4, -0.2) is 60.2 Å².